The number of ketones is 1. The molecule has 0 bridgehead atoms. The molecule has 0 saturated heterocycles. The maximum atomic E-state index is 13.8. The highest BCUT2D eigenvalue weighted by Gasteiger charge is 2.32. The molecule has 0 saturated carbocycles. The number of aromatic nitrogens is 2. The molecule has 0 spiro atoms. The molecule has 2 aromatic heterocycles. The molecule has 75 heavy (non-hydrogen) atoms. The molecule has 4 heterocycles. The summed E-state index contributed by atoms with van der Waals surface area (Å²) < 4.78 is 37.7. The van der Waals surface area contributed by atoms with Gasteiger partial charge in [-0.05, 0) is 203 Å². The lowest BCUT2D eigenvalue weighted by Gasteiger charge is -2.28. The average Bonchev–Trinajstić information content (AvgIpc) is 4.04. The molecule has 8 rings (SSSR count). The Labute approximate surface area is 437 Å². The molecule has 2 aliphatic heterocycles. The van der Waals surface area contributed by atoms with E-state index in [0.29, 0.717) is 58.4 Å². The van der Waals surface area contributed by atoms with Crippen LogP contribution in [0.5, 0.6) is 0 Å². The van der Waals surface area contributed by atoms with Gasteiger partial charge in [0, 0.05) is 65.8 Å². The number of carbonyl (C=O) groups is 6. The highest BCUT2D eigenvalue weighted by molar-refractivity contribution is 6.35. The second-order valence-corrected chi connectivity index (χ2v) is 22.0. The number of likely N-dealkylation sites (N-methyl/N-ethyl adjacent to an activating group) is 2. The molecule has 7 N–H and O–H groups in total. The van der Waals surface area contributed by atoms with Gasteiger partial charge in [0.1, 0.15) is 28.9 Å². The Balaban J connectivity index is 0.000000205. The number of carboxylic acid groups (broad SMARTS) is 1. The predicted octanol–water partition coefficient (Wildman–Crippen LogP) is 10.0. The molecule has 2 unspecified atom stereocenters. The number of H-pyrrole nitrogens is 2. The minimum absolute atomic E-state index is 0.0189. The van der Waals surface area contributed by atoms with E-state index in [4.69, 9.17) is 20.3 Å². The maximum absolute atomic E-state index is 13.8. The lowest BCUT2D eigenvalue weighted by Crippen LogP contribution is -2.43. The minimum atomic E-state index is -1.06. The van der Waals surface area contributed by atoms with Crippen molar-refractivity contribution in [3.05, 3.63) is 104 Å². The molecule has 4 aliphatic rings. The summed E-state index contributed by atoms with van der Waals surface area (Å²) in [4.78, 5) is 81.2. The number of carboxylic acids is 1. The van der Waals surface area contributed by atoms with E-state index in [9.17, 15) is 37.5 Å². The van der Waals surface area contributed by atoms with Crippen LogP contribution in [0, 0.1) is 37.3 Å². The standard InChI is InChI=1S/C29H36FN3O4.C19H20FN3O.C9H17NO4/c1-16-20-10-7-18(8-12-26(34)17(2)33(6)28(36)37-29(3,4)5)13-25(20)31-24(16)15-22-21-14-19(30)9-11-23(21)32-27(22)35;1-10-13-4-2-11(9-21)6-18(13)22-17(10)8-15-14-7-12(20)3-5-16(14)23-19(15)24;1-6(7(11)12)10(5)8(13)14-9(2,3)4/h9,11,14-15,17-18,31H,7-8,10,12-13H2,1-6H3,(H,32,35);3,5,7-8,11,22H,2,4,6,9,21H2,1H3,(H,23,24);6H,1-5H3,(H,11,12)/b22-15-;15-8-;/t17-,18?;;6-/m0.0/s1. The first kappa shape index (κ1) is 57.2. The number of nitrogens with zero attached hydrogens (tertiary/aromatic N) is 2. The van der Waals surface area contributed by atoms with Gasteiger partial charge in [0.2, 0.25) is 0 Å². The molecule has 4 aromatic rings. The Bertz CT molecular complexity index is 2920. The monoisotopic (exact) mass is 1040 g/mol. The van der Waals surface area contributed by atoms with Gasteiger partial charge in [-0.3, -0.25) is 19.3 Å². The molecule has 18 heteroatoms. The second-order valence-electron chi connectivity index (χ2n) is 22.0. The van der Waals surface area contributed by atoms with Gasteiger partial charge in [0.15, 0.2) is 5.78 Å². The Morgan fingerprint density at radius 2 is 1.13 bits per heavy atom. The number of carbonyl (C=O) groups excluding carboxylic acids is 5. The topological polar surface area (TPSA) is 229 Å². The summed E-state index contributed by atoms with van der Waals surface area (Å²) in [5.41, 5.74) is 17.0. The summed E-state index contributed by atoms with van der Waals surface area (Å²) >= 11 is 0. The summed E-state index contributed by atoms with van der Waals surface area (Å²) in [6, 6.07) is 7.22. The van der Waals surface area contributed by atoms with Crippen molar-refractivity contribution in [2.75, 3.05) is 31.3 Å². The lowest BCUT2D eigenvalue weighted by atomic mass is 9.83. The summed E-state index contributed by atoms with van der Waals surface area (Å²) in [5.74, 6) is -1.34. The molecule has 0 radical (unpaired) electrons. The van der Waals surface area contributed by atoms with Crippen molar-refractivity contribution in [3.63, 3.8) is 0 Å². The van der Waals surface area contributed by atoms with Crippen molar-refractivity contribution < 1.29 is 52.1 Å². The van der Waals surface area contributed by atoms with Crippen LogP contribution in [0.2, 0.25) is 0 Å². The number of benzene rings is 2. The Hall–Kier alpha value is -7.08. The Morgan fingerprint density at radius 1 is 0.720 bits per heavy atom. The van der Waals surface area contributed by atoms with Crippen LogP contribution in [-0.4, -0.2) is 105 Å². The highest BCUT2D eigenvalue weighted by Crippen LogP contribution is 2.38. The summed E-state index contributed by atoms with van der Waals surface area (Å²) in [6.45, 7) is 18.6. The number of nitrogens with one attached hydrogen (secondary N) is 4. The van der Waals surface area contributed by atoms with E-state index in [2.05, 4.69) is 27.5 Å². The number of nitrogens with two attached hydrogens (primary N) is 1. The van der Waals surface area contributed by atoms with Crippen LogP contribution < -0.4 is 16.4 Å². The summed E-state index contributed by atoms with van der Waals surface area (Å²) in [6.07, 6.45) is 9.41. The summed E-state index contributed by atoms with van der Waals surface area (Å²) in [7, 11) is 2.99. The van der Waals surface area contributed by atoms with Crippen LogP contribution in [-0.2, 0) is 54.3 Å². The first-order chi connectivity index (χ1) is 35.0. The van der Waals surface area contributed by atoms with Gasteiger partial charge in [0.05, 0.1) is 17.2 Å². The van der Waals surface area contributed by atoms with E-state index in [1.807, 2.05) is 13.0 Å². The van der Waals surface area contributed by atoms with Crippen molar-refractivity contribution in [2.24, 2.45) is 17.6 Å². The van der Waals surface area contributed by atoms with Crippen molar-refractivity contribution >= 4 is 70.4 Å². The molecule has 16 nitrogen and oxygen atoms in total. The van der Waals surface area contributed by atoms with Gasteiger partial charge in [0.25, 0.3) is 11.8 Å². The normalized spacial score (nSPS) is 18.4. The van der Waals surface area contributed by atoms with Gasteiger partial charge in [-0.25, -0.2) is 23.2 Å². The number of hydrogen-bond acceptors (Lipinski definition) is 9. The van der Waals surface area contributed by atoms with Crippen LogP contribution in [0.4, 0.5) is 29.7 Å². The van der Waals surface area contributed by atoms with Crippen molar-refractivity contribution in [1.29, 1.82) is 0 Å². The fraction of sp³-hybridized carbons (Fsp3) is 0.474. The molecule has 2 aromatic carbocycles. The number of rotatable bonds is 10. The SMILES string of the molecule is C[C@@H](C(=O)O)N(C)C(=O)OC(C)(C)C.Cc1c(/C=C2\C(=O)Nc3ccc(F)cc32)[nH]c2c1CCC(CCC(=O)[C@H](C)N(C)C(=O)OC(C)(C)C)C2.Cc1c(/C=C2\C(=O)Nc3ccc(F)cc32)[nH]c2c1CCC(CN)C2. The fourth-order valence-corrected chi connectivity index (χ4v) is 9.50. The first-order valence-electron chi connectivity index (χ1n) is 25.5. The largest absolute Gasteiger partial charge is 0.480 e. The molecule has 0 fully saturated rings. The quantitative estimate of drug-likeness (QED) is 0.0824. The number of ether oxygens (including phenoxy) is 2. The predicted molar refractivity (Wildman–Crippen MR) is 286 cm³/mol. The van der Waals surface area contributed by atoms with Gasteiger partial charge in [-0.2, -0.15) is 0 Å². The average molecular weight is 1040 g/mol. The highest BCUT2D eigenvalue weighted by atomic mass is 19.1. The minimum Gasteiger partial charge on any atom is -0.480 e. The Morgan fingerprint density at radius 3 is 1.55 bits per heavy atom. The first-order valence-corrected chi connectivity index (χ1v) is 25.5. The van der Waals surface area contributed by atoms with Gasteiger partial charge in [-0.15, -0.1) is 0 Å². The molecule has 4 atom stereocenters. The van der Waals surface area contributed by atoms with Crippen molar-refractivity contribution in [1.82, 2.24) is 19.8 Å². The molecular formula is C57H73F2N7O9. The summed E-state index contributed by atoms with van der Waals surface area (Å²) in [5, 5.41) is 14.2. The number of Topliss-reactive ketones (excluding diaryl/α,β-unsaturated/α-hetero) is 1. The van der Waals surface area contributed by atoms with Gasteiger partial charge in [-0.1, -0.05) is 0 Å². The number of amides is 4. The van der Waals surface area contributed by atoms with E-state index in [-0.39, 0.29) is 29.2 Å². The lowest BCUT2D eigenvalue weighted by molar-refractivity contribution is -0.142. The fourth-order valence-electron chi connectivity index (χ4n) is 9.50. The van der Waals surface area contributed by atoms with Crippen LogP contribution in [0.15, 0.2) is 36.4 Å². The smallest absolute Gasteiger partial charge is 0.410 e. The maximum Gasteiger partial charge on any atom is 0.410 e. The Kier molecular flexibility index (Phi) is 17.7. The zero-order valence-electron chi connectivity index (χ0n) is 45.2. The second kappa shape index (κ2) is 23.2. The van der Waals surface area contributed by atoms with E-state index in [0.717, 1.165) is 72.5 Å². The van der Waals surface area contributed by atoms with Crippen LogP contribution in [0.25, 0.3) is 23.3 Å². The van der Waals surface area contributed by atoms with Crippen molar-refractivity contribution in [2.45, 2.75) is 144 Å². The number of aliphatic carboxylic acids is 1. The van der Waals surface area contributed by atoms with E-state index >= 15 is 0 Å². The molecule has 404 valence electrons. The van der Waals surface area contributed by atoms with Crippen molar-refractivity contribution in [3.8, 4) is 0 Å². The number of hydrogen-bond donors (Lipinski definition) is 6. The zero-order chi connectivity index (χ0) is 55.4. The number of fused-ring (bicyclic) bond motifs is 4. The number of aromatic amines is 2. The third kappa shape index (κ3) is 14.0. The third-order valence-electron chi connectivity index (χ3n) is 14.2. The molecule has 2 aliphatic carbocycles. The third-order valence-corrected chi connectivity index (χ3v) is 14.2. The number of anilines is 2. The molecule has 4 amide bonds. The van der Waals surface area contributed by atoms with Gasteiger partial charge < -0.3 is 45.8 Å². The zero-order valence-corrected chi connectivity index (χ0v) is 45.2. The number of halogens is 2. The van der Waals surface area contributed by atoms with Crippen LogP contribution in [0.1, 0.15) is 137 Å². The van der Waals surface area contributed by atoms with E-state index in [1.54, 1.807) is 73.7 Å². The van der Waals surface area contributed by atoms with E-state index < -0.39 is 41.4 Å². The van der Waals surface area contributed by atoms with Gasteiger partial charge >= 0.3 is 18.2 Å². The molecular weight excluding hydrogens is 965 g/mol. The van der Waals surface area contributed by atoms with Crippen LogP contribution in [0.3, 0.4) is 0 Å². The van der Waals surface area contributed by atoms with E-state index in [1.165, 1.54) is 65.5 Å². The van der Waals surface area contributed by atoms with Crippen LogP contribution >= 0.6 is 0 Å².